The number of carbonyl (C=O) groups excluding carboxylic acids is 3. The molecule has 0 spiro atoms. The lowest BCUT2D eigenvalue weighted by molar-refractivity contribution is -0.123. The molecule has 11 heteroatoms. The predicted molar refractivity (Wildman–Crippen MR) is 128 cm³/mol. The number of benzene rings is 1. The molecule has 0 unspecified atom stereocenters. The molecule has 1 aliphatic rings. The van der Waals surface area contributed by atoms with Crippen molar-refractivity contribution in [2.45, 2.75) is 26.3 Å². The van der Waals surface area contributed by atoms with Crippen molar-refractivity contribution in [3.05, 3.63) is 51.4 Å². The molecule has 0 bridgehead atoms. The smallest absolute Gasteiger partial charge is 0.264 e. The van der Waals surface area contributed by atoms with Crippen molar-refractivity contribution in [3.8, 4) is 5.75 Å². The summed E-state index contributed by atoms with van der Waals surface area (Å²) in [5.74, 6) is -0.654. The first-order valence-electron chi connectivity index (χ1n) is 10.8. The second-order valence-electron chi connectivity index (χ2n) is 8.13. The van der Waals surface area contributed by atoms with E-state index in [1.165, 1.54) is 18.0 Å². The zero-order chi connectivity index (χ0) is 24.4. The summed E-state index contributed by atoms with van der Waals surface area (Å²) in [5, 5.41) is 3.06. The number of ether oxygens (including phenoxy) is 1. The van der Waals surface area contributed by atoms with Gasteiger partial charge in [0.2, 0.25) is 11.8 Å². The Morgan fingerprint density at radius 1 is 1.24 bits per heavy atom. The van der Waals surface area contributed by atoms with E-state index in [2.05, 4.69) is 10.3 Å². The predicted octanol–water partition coefficient (Wildman–Crippen LogP) is 1.75. The number of hydrogen-bond donors (Lipinski definition) is 2. The Hall–Kier alpha value is -3.73. The molecule has 0 aliphatic carbocycles. The van der Waals surface area contributed by atoms with E-state index in [1.807, 2.05) is 0 Å². The topological polar surface area (TPSA) is 137 Å². The van der Waals surface area contributed by atoms with E-state index in [1.54, 1.807) is 36.1 Å². The van der Waals surface area contributed by atoms with Crippen LogP contribution >= 0.6 is 11.3 Å². The fourth-order valence-electron chi connectivity index (χ4n) is 4.08. The summed E-state index contributed by atoms with van der Waals surface area (Å²) in [4.78, 5) is 57.1. The maximum atomic E-state index is 13.1. The largest absolute Gasteiger partial charge is 0.495 e. The molecule has 0 saturated carbocycles. The Labute approximate surface area is 199 Å². The number of nitrogens with zero attached hydrogens (tertiary/aromatic N) is 3. The highest BCUT2D eigenvalue weighted by molar-refractivity contribution is 7.20. The van der Waals surface area contributed by atoms with E-state index in [9.17, 15) is 19.2 Å². The number of carbonyl (C=O) groups is 3. The van der Waals surface area contributed by atoms with Crippen LogP contribution in [0.3, 0.4) is 0 Å². The zero-order valence-corrected chi connectivity index (χ0v) is 19.7. The standard InChI is InChI=1S/C23H25N5O5S/c1-13-18-21(34-19(13)23(32)27-9-7-14(8-10-27)20(24)30)25-12-28(22(18)31)11-17(29)26-15-5-3-4-6-16(15)33-2/h3-6,12,14H,7-11H2,1-2H3,(H2,24,30)(H,26,29). The van der Waals surface area contributed by atoms with Gasteiger partial charge in [-0.15, -0.1) is 11.3 Å². The van der Waals surface area contributed by atoms with Gasteiger partial charge in [-0.3, -0.25) is 23.7 Å². The number of methoxy groups -OCH3 is 1. The molecular weight excluding hydrogens is 458 g/mol. The fraction of sp³-hybridized carbons (Fsp3) is 0.348. The Balaban J connectivity index is 1.54. The number of anilines is 1. The van der Waals surface area contributed by atoms with Gasteiger partial charge in [-0.25, -0.2) is 4.98 Å². The van der Waals surface area contributed by atoms with E-state index >= 15 is 0 Å². The molecule has 1 aliphatic heterocycles. The van der Waals surface area contributed by atoms with E-state index < -0.39 is 5.91 Å². The number of nitrogens with one attached hydrogen (secondary N) is 1. The number of primary amides is 1. The Kier molecular flexibility index (Phi) is 6.64. The minimum Gasteiger partial charge on any atom is -0.495 e. The highest BCUT2D eigenvalue weighted by Crippen LogP contribution is 2.29. The van der Waals surface area contributed by atoms with Crippen LogP contribution in [0, 0.1) is 12.8 Å². The van der Waals surface area contributed by atoms with Crippen molar-refractivity contribution in [1.82, 2.24) is 14.5 Å². The molecule has 2 aromatic heterocycles. The Morgan fingerprint density at radius 2 is 1.94 bits per heavy atom. The van der Waals surface area contributed by atoms with Crippen molar-refractivity contribution in [2.24, 2.45) is 11.7 Å². The van der Waals surface area contributed by atoms with Crippen LogP contribution in [0.15, 0.2) is 35.4 Å². The summed E-state index contributed by atoms with van der Waals surface area (Å²) < 4.78 is 6.45. The van der Waals surface area contributed by atoms with E-state index in [-0.39, 0.29) is 29.8 Å². The second kappa shape index (κ2) is 9.64. The van der Waals surface area contributed by atoms with Gasteiger partial charge in [-0.1, -0.05) is 12.1 Å². The van der Waals surface area contributed by atoms with Gasteiger partial charge in [0.15, 0.2) is 0 Å². The molecule has 1 saturated heterocycles. The molecule has 34 heavy (non-hydrogen) atoms. The van der Waals surface area contributed by atoms with Gasteiger partial charge in [0.05, 0.1) is 29.4 Å². The van der Waals surface area contributed by atoms with Crippen molar-refractivity contribution < 1.29 is 19.1 Å². The average molecular weight is 484 g/mol. The first-order valence-corrected chi connectivity index (χ1v) is 11.6. The summed E-state index contributed by atoms with van der Waals surface area (Å²) >= 11 is 1.16. The van der Waals surface area contributed by atoms with Crippen LogP contribution in [-0.4, -0.2) is 52.4 Å². The summed E-state index contributed by atoms with van der Waals surface area (Å²) in [6, 6.07) is 6.98. The molecule has 3 aromatic rings. The number of para-hydroxylation sites is 2. The Bertz CT molecular complexity index is 1320. The number of amides is 3. The minimum absolute atomic E-state index is 0.191. The zero-order valence-electron chi connectivity index (χ0n) is 18.9. The number of likely N-dealkylation sites (tertiary alicyclic amines) is 1. The lowest BCUT2D eigenvalue weighted by Crippen LogP contribution is -2.41. The monoisotopic (exact) mass is 483 g/mol. The number of aromatic nitrogens is 2. The molecule has 0 atom stereocenters. The maximum Gasteiger partial charge on any atom is 0.264 e. The maximum absolute atomic E-state index is 13.1. The number of rotatable bonds is 6. The first kappa shape index (κ1) is 23.4. The third-order valence-electron chi connectivity index (χ3n) is 5.99. The van der Waals surface area contributed by atoms with Crippen LogP contribution in [0.4, 0.5) is 5.69 Å². The molecule has 3 N–H and O–H groups in total. The van der Waals surface area contributed by atoms with Gasteiger partial charge in [-0.05, 0) is 37.5 Å². The highest BCUT2D eigenvalue weighted by atomic mass is 32.1. The van der Waals surface area contributed by atoms with Crippen LogP contribution in [0.25, 0.3) is 10.2 Å². The average Bonchev–Trinajstić information content (AvgIpc) is 3.17. The third-order valence-corrected chi connectivity index (χ3v) is 7.18. The molecular formula is C23H25N5O5S. The highest BCUT2D eigenvalue weighted by Gasteiger charge is 2.29. The minimum atomic E-state index is -0.408. The van der Waals surface area contributed by atoms with Gasteiger partial charge in [0.1, 0.15) is 17.1 Å². The number of thiophene rings is 1. The van der Waals surface area contributed by atoms with Crippen LogP contribution in [0.2, 0.25) is 0 Å². The quantitative estimate of drug-likeness (QED) is 0.548. The first-order chi connectivity index (χ1) is 16.3. The SMILES string of the molecule is COc1ccccc1NC(=O)Cn1cnc2sc(C(=O)N3CCC(C(N)=O)CC3)c(C)c2c1=O. The Morgan fingerprint density at radius 3 is 2.62 bits per heavy atom. The van der Waals surface area contributed by atoms with Crippen molar-refractivity contribution in [1.29, 1.82) is 0 Å². The summed E-state index contributed by atoms with van der Waals surface area (Å²) in [6.45, 7) is 2.34. The summed E-state index contributed by atoms with van der Waals surface area (Å²) in [6.07, 6.45) is 2.36. The van der Waals surface area contributed by atoms with Crippen molar-refractivity contribution in [2.75, 3.05) is 25.5 Å². The van der Waals surface area contributed by atoms with Crippen molar-refractivity contribution in [3.63, 3.8) is 0 Å². The van der Waals surface area contributed by atoms with Gasteiger partial charge in [0.25, 0.3) is 11.5 Å². The number of nitrogens with two attached hydrogens (primary N) is 1. The van der Waals surface area contributed by atoms with Gasteiger partial charge in [0, 0.05) is 19.0 Å². The van der Waals surface area contributed by atoms with E-state index in [0.717, 1.165) is 11.3 Å². The second-order valence-corrected chi connectivity index (χ2v) is 9.13. The van der Waals surface area contributed by atoms with E-state index in [4.69, 9.17) is 10.5 Å². The molecule has 1 aromatic carbocycles. The number of piperidine rings is 1. The lowest BCUT2D eigenvalue weighted by atomic mass is 9.96. The molecule has 10 nitrogen and oxygen atoms in total. The lowest BCUT2D eigenvalue weighted by Gasteiger charge is -2.30. The summed E-state index contributed by atoms with van der Waals surface area (Å²) in [7, 11) is 1.51. The number of hydrogen-bond acceptors (Lipinski definition) is 7. The molecule has 4 rings (SSSR count). The van der Waals surface area contributed by atoms with Crippen LogP contribution in [0.5, 0.6) is 5.75 Å². The normalized spacial score (nSPS) is 14.2. The van der Waals surface area contributed by atoms with Crippen LogP contribution in [-0.2, 0) is 16.1 Å². The molecule has 178 valence electrons. The number of fused-ring (bicyclic) bond motifs is 1. The molecule has 1 fully saturated rings. The summed E-state index contributed by atoms with van der Waals surface area (Å²) in [5.41, 5.74) is 6.03. The van der Waals surface area contributed by atoms with E-state index in [0.29, 0.717) is 58.0 Å². The van der Waals surface area contributed by atoms with Gasteiger partial charge in [-0.2, -0.15) is 0 Å². The third kappa shape index (κ3) is 4.51. The van der Waals surface area contributed by atoms with Crippen LogP contribution in [0.1, 0.15) is 28.1 Å². The van der Waals surface area contributed by atoms with Gasteiger partial charge >= 0.3 is 0 Å². The molecule has 0 radical (unpaired) electrons. The fourth-order valence-corrected chi connectivity index (χ4v) is 5.19. The van der Waals surface area contributed by atoms with Gasteiger partial charge < -0.3 is 20.7 Å². The van der Waals surface area contributed by atoms with Crippen molar-refractivity contribution >= 4 is 45.0 Å². The molecule has 3 heterocycles. The number of aryl methyl sites for hydroxylation is 1. The van der Waals surface area contributed by atoms with Crippen LogP contribution < -0.4 is 21.3 Å². The molecule has 3 amide bonds.